The van der Waals surface area contributed by atoms with Crippen molar-refractivity contribution < 1.29 is 18.0 Å². The third-order valence-electron chi connectivity index (χ3n) is 2.69. The standard InChI is InChI=1S/C14H8BrClF3NO/c15-9-3-1-2-8(6-9)7-11(21)10-4-5-12(14(17,18)19)20-13(10)16/h1-6H,7H2. The summed E-state index contributed by atoms with van der Waals surface area (Å²) in [5.41, 5.74) is -0.415. The molecule has 0 amide bonds. The molecule has 1 aromatic carbocycles. The molecule has 110 valence electrons. The van der Waals surface area contributed by atoms with Gasteiger partial charge in [-0.15, -0.1) is 0 Å². The van der Waals surface area contributed by atoms with Crippen LogP contribution < -0.4 is 0 Å². The van der Waals surface area contributed by atoms with Crippen molar-refractivity contribution in [1.29, 1.82) is 0 Å². The highest BCUT2D eigenvalue weighted by atomic mass is 79.9. The molecule has 0 bridgehead atoms. The second-order valence-electron chi connectivity index (χ2n) is 4.26. The van der Waals surface area contributed by atoms with Gasteiger partial charge in [0.05, 0.1) is 5.56 Å². The molecule has 0 saturated heterocycles. The number of ketones is 1. The van der Waals surface area contributed by atoms with Crippen molar-refractivity contribution in [3.63, 3.8) is 0 Å². The van der Waals surface area contributed by atoms with E-state index in [1.54, 1.807) is 24.3 Å². The smallest absolute Gasteiger partial charge is 0.294 e. The average Bonchev–Trinajstić information content (AvgIpc) is 2.37. The lowest BCUT2D eigenvalue weighted by molar-refractivity contribution is -0.141. The predicted octanol–water partition coefficient (Wildman–Crippen LogP) is 4.94. The van der Waals surface area contributed by atoms with Gasteiger partial charge in [0.1, 0.15) is 10.8 Å². The minimum atomic E-state index is -4.59. The minimum absolute atomic E-state index is 0.0235. The SMILES string of the molecule is O=C(Cc1cccc(Br)c1)c1ccc(C(F)(F)F)nc1Cl. The van der Waals surface area contributed by atoms with Crippen molar-refractivity contribution in [1.82, 2.24) is 4.98 Å². The number of pyridine rings is 1. The number of hydrogen-bond acceptors (Lipinski definition) is 2. The Bertz CT molecular complexity index is 688. The molecule has 0 N–H and O–H groups in total. The van der Waals surface area contributed by atoms with E-state index in [9.17, 15) is 18.0 Å². The Kier molecular flexibility index (Phi) is 4.68. The number of hydrogen-bond donors (Lipinski definition) is 0. The first kappa shape index (κ1) is 16.0. The Morgan fingerprint density at radius 3 is 2.52 bits per heavy atom. The summed E-state index contributed by atoms with van der Waals surface area (Å²) in [4.78, 5) is 15.3. The number of rotatable bonds is 3. The molecule has 7 heteroatoms. The van der Waals surface area contributed by atoms with Gasteiger partial charge in [-0.3, -0.25) is 4.79 Å². The van der Waals surface area contributed by atoms with E-state index in [-0.39, 0.29) is 17.8 Å². The number of carbonyl (C=O) groups excluding carboxylic acids is 1. The fourth-order valence-corrected chi connectivity index (χ4v) is 2.43. The zero-order chi connectivity index (χ0) is 15.6. The first-order valence-electron chi connectivity index (χ1n) is 5.79. The van der Waals surface area contributed by atoms with E-state index in [0.717, 1.165) is 22.2 Å². The molecule has 0 radical (unpaired) electrons. The maximum Gasteiger partial charge on any atom is 0.433 e. The summed E-state index contributed by atoms with van der Waals surface area (Å²) in [5.74, 6) is -0.390. The lowest BCUT2D eigenvalue weighted by Crippen LogP contribution is -2.11. The summed E-state index contributed by atoms with van der Waals surface area (Å²) in [6.07, 6.45) is -4.55. The third-order valence-corrected chi connectivity index (χ3v) is 3.47. The van der Waals surface area contributed by atoms with Crippen LogP contribution in [0.1, 0.15) is 21.6 Å². The topological polar surface area (TPSA) is 30.0 Å². The molecule has 0 aliphatic heterocycles. The van der Waals surface area contributed by atoms with E-state index in [2.05, 4.69) is 20.9 Å². The van der Waals surface area contributed by atoms with Crippen LogP contribution >= 0.6 is 27.5 Å². The Hall–Kier alpha value is -1.40. The molecule has 2 nitrogen and oxygen atoms in total. The van der Waals surface area contributed by atoms with Crippen LogP contribution in [0.15, 0.2) is 40.9 Å². The van der Waals surface area contributed by atoms with Gasteiger partial charge in [0.2, 0.25) is 0 Å². The summed E-state index contributed by atoms with van der Waals surface area (Å²) in [6.45, 7) is 0. The van der Waals surface area contributed by atoms with E-state index >= 15 is 0 Å². The number of nitrogens with zero attached hydrogens (tertiary/aromatic N) is 1. The molecule has 0 aliphatic rings. The number of carbonyl (C=O) groups is 1. The Morgan fingerprint density at radius 2 is 1.95 bits per heavy atom. The van der Waals surface area contributed by atoms with Gasteiger partial charge in [-0.05, 0) is 29.8 Å². The van der Waals surface area contributed by atoms with Gasteiger partial charge >= 0.3 is 6.18 Å². The van der Waals surface area contributed by atoms with Gasteiger partial charge in [-0.25, -0.2) is 4.98 Å². The highest BCUT2D eigenvalue weighted by Crippen LogP contribution is 2.29. The molecule has 0 saturated carbocycles. The van der Waals surface area contributed by atoms with Gasteiger partial charge in [-0.2, -0.15) is 13.2 Å². The molecule has 21 heavy (non-hydrogen) atoms. The summed E-state index contributed by atoms with van der Waals surface area (Å²) in [5, 5.41) is -0.440. The third kappa shape index (κ3) is 4.04. The zero-order valence-electron chi connectivity index (χ0n) is 10.4. The van der Waals surface area contributed by atoms with Crippen molar-refractivity contribution >= 4 is 33.3 Å². The summed E-state index contributed by atoms with van der Waals surface area (Å²) in [7, 11) is 0. The largest absolute Gasteiger partial charge is 0.433 e. The van der Waals surface area contributed by atoms with Crippen LogP contribution in [0.5, 0.6) is 0 Å². The van der Waals surface area contributed by atoms with Crippen LogP contribution in [0, 0.1) is 0 Å². The highest BCUT2D eigenvalue weighted by Gasteiger charge is 2.33. The number of halogens is 5. The zero-order valence-corrected chi connectivity index (χ0v) is 12.8. The normalized spacial score (nSPS) is 11.5. The van der Waals surface area contributed by atoms with Gasteiger partial charge in [0, 0.05) is 10.9 Å². The van der Waals surface area contributed by atoms with Crippen molar-refractivity contribution in [2.24, 2.45) is 0 Å². The predicted molar refractivity (Wildman–Crippen MR) is 76.4 cm³/mol. The Labute approximate surface area is 132 Å². The van der Waals surface area contributed by atoms with Gasteiger partial charge in [0.15, 0.2) is 5.78 Å². The van der Waals surface area contributed by atoms with E-state index in [0.29, 0.717) is 0 Å². The lowest BCUT2D eigenvalue weighted by atomic mass is 10.0. The maximum absolute atomic E-state index is 12.5. The fraction of sp³-hybridized carbons (Fsp3) is 0.143. The van der Waals surface area contributed by atoms with E-state index in [1.807, 2.05) is 0 Å². The van der Waals surface area contributed by atoms with Gasteiger partial charge in [-0.1, -0.05) is 39.7 Å². The van der Waals surface area contributed by atoms with Crippen LogP contribution in [0.4, 0.5) is 13.2 Å². The van der Waals surface area contributed by atoms with Crippen LogP contribution in [0.3, 0.4) is 0 Å². The average molecular weight is 379 g/mol. The number of Topliss-reactive ketones (excluding diaryl/α,β-unsaturated/α-hetero) is 1. The molecule has 1 heterocycles. The second kappa shape index (κ2) is 6.15. The maximum atomic E-state index is 12.5. The first-order valence-corrected chi connectivity index (χ1v) is 6.96. The highest BCUT2D eigenvalue weighted by molar-refractivity contribution is 9.10. The van der Waals surface area contributed by atoms with Gasteiger partial charge < -0.3 is 0 Å². The molecule has 2 rings (SSSR count). The first-order chi connectivity index (χ1) is 9.77. The van der Waals surface area contributed by atoms with Crippen molar-refractivity contribution in [2.45, 2.75) is 12.6 Å². The molecule has 0 aliphatic carbocycles. The molecular weight excluding hydrogens is 371 g/mol. The van der Waals surface area contributed by atoms with Crippen molar-refractivity contribution in [3.05, 3.63) is 62.8 Å². The van der Waals surface area contributed by atoms with E-state index in [1.165, 1.54) is 0 Å². The number of aromatic nitrogens is 1. The van der Waals surface area contributed by atoms with E-state index < -0.39 is 17.0 Å². The summed E-state index contributed by atoms with van der Waals surface area (Å²) in [6, 6.07) is 8.87. The Balaban J connectivity index is 2.24. The van der Waals surface area contributed by atoms with Crippen LogP contribution in [0.2, 0.25) is 5.15 Å². The quantitative estimate of drug-likeness (QED) is 0.559. The molecular formula is C14H8BrClF3NO. The number of alkyl halides is 3. The molecule has 0 spiro atoms. The minimum Gasteiger partial charge on any atom is -0.294 e. The number of benzene rings is 1. The summed E-state index contributed by atoms with van der Waals surface area (Å²) >= 11 is 8.97. The fourth-order valence-electron chi connectivity index (χ4n) is 1.73. The second-order valence-corrected chi connectivity index (χ2v) is 5.54. The molecule has 0 unspecified atom stereocenters. The van der Waals surface area contributed by atoms with Crippen molar-refractivity contribution in [3.8, 4) is 0 Å². The summed E-state index contributed by atoms with van der Waals surface area (Å²) < 4.78 is 38.3. The van der Waals surface area contributed by atoms with Gasteiger partial charge in [0.25, 0.3) is 0 Å². The van der Waals surface area contributed by atoms with Crippen LogP contribution in [0.25, 0.3) is 0 Å². The van der Waals surface area contributed by atoms with Crippen molar-refractivity contribution in [2.75, 3.05) is 0 Å². The van der Waals surface area contributed by atoms with Crippen LogP contribution in [-0.4, -0.2) is 10.8 Å². The monoisotopic (exact) mass is 377 g/mol. The molecule has 2 aromatic rings. The Morgan fingerprint density at radius 1 is 1.24 bits per heavy atom. The molecule has 0 atom stereocenters. The van der Waals surface area contributed by atoms with E-state index in [4.69, 9.17) is 11.6 Å². The van der Waals surface area contributed by atoms with Crippen LogP contribution in [-0.2, 0) is 12.6 Å². The molecule has 0 fully saturated rings. The lowest BCUT2D eigenvalue weighted by Gasteiger charge is -2.08. The molecule has 1 aromatic heterocycles.